The highest BCUT2D eigenvalue weighted by Crippen LogP contribution is 2.22. The molecule has 7 nitrogen and oxygen atoms in total. The lowest BCUT2D eigenvalue weighted by Gasteiger charge is -2.22. The molecule has 1 aliphatic rings. The third-order valence-corrected chi connectivity index (χ3v) is 4.70. The molecular weight excluding hydrogens is 320 g/mol. The first-order valence-electron chi connectivity index (χ1n) is 8.87. The van der Waals surface area contributed by atoms with Gasteiger partial charge in [-0.05, 0) is 38.9 Å². The van der Waals surface area contributed by atoms with E-state index in [-0.39, 0.29) is 5.91 Å². The molecule has 7 heteroatoms. The van der Waals surface area contributed by atoms with Crippen LogP contribution < -0.4 is 0 Å². The van der Waals surface area contributed by atoms with Crippen molar-refractivity contribution in [2.75, 3.05) is 26.2 Å². The van der Waals surface area contributed by atoms with Crippen LogP contribution in [0.5, 0.6) is 0 Å². The van der Waals surface area contributed by atoms with Crippen LogP contribution >= 0.6 is 0 Å². The van der Waals surface area contributed by atoms with Gasteiger partial charge in [-0.25, -0.2) is 0 Å². The Morgan fingerprint density at radius 1 is 1.24 bits per heavy atom. The highest BCUT2D eigenvalue weighted by molar-refractivity contribution is 5.76. The van der Waals surface area contributed by atoms with Gasteiger partial charge in [0.1, 0.15) is 18.1 Å². The molecule has 1 amide bonds. The number of aromatic nitrogens is 2. The Bertz CT molecular complexity index is 709. The van der Waals surface area contributed by atoms with Gasteiger partial charge in [-0.2, -0.15) is 4.98 Å². The molecule has 1 unspecified atom stereocenters. The number of furan rings is 1. The lowest BCUT2D eigenvalue weighted by molar-refractivity contribution is -0.131. The average Bonchev–Trinajstić information content (AvgIpc) is 3.16. The molecule has 0 radical (unpaired) electrons. The summed E-state index contributed by atoms with van der Waals surface area (Å²) in [5, 5.41) is 3.78. The fraction of sp³-hybridized carbons (Fsp3) is 0.611. The van der Waals surface area contributed by atoms with E-state index in [9.17, 15) is 4.79 Å². The van der Waals surface area contributed by atoms with Crippen molar-refractivity contribution in [3.8, 4) is 0 Å². The molecule has 0 N–H and O–H groups in total. The molecule has 3 rings (SSSR count). The van der Waals surface area contributed by atoms with Gasteiger partial charge < -0.3 is 18.7 Å². The summed E-state index contributed by atoms with van der Waals surface area (Å²) in [4.78, 5) is 20.7. The normalized spacial score (nSPS) is 17.7. The van der Waals surface area contributed by atoms with Crippen LogP contribution in [0.3, 0.4) is 0 Å². The molecule has 1 aliphatic heterocycles. The minimum atomic E-state index is 0.146. The molecule has 0 saturated carbocycles. The van der Waals surface area contributed by atoms with Crippen molar-refractivity contribution < 1.29 is 13.7 Å². The fourth-order valence-corrected chi connectivity index (χ4v) is 3.11. The minimum absolute atomic E-state index is 0.146. The molecule has 1 fully saturated rings. The average molecular weight is 346 g/mol. The van der Waals surface area contributed by atoms with Crippen LogP contribution in [0.4, 0.5) is 0 Å². The summed E-state index contributed by atoms with van der Waals surface area (Å²) < 4.78 is 10.8. The van der Waals surface area contributed by atoms with E-state index in [0.29, 0.717) is 37.1 Å². The molecular formula is C18H26N4O3. The van der Waals surface area contributed by atoms with Gasteiger partial charge in [0.05, 0.1) is 0 Å². The van der Waals surface area contributed by atoms with E-state index in [4.69, 9.17) is 8.94 Å². The largest absolute Gasteiger partial charge is 0.466 e. The minimum Gasteiger partial charge on any atom is -0.466 e. The SMILES string of the molecule is Cc1noc(CN2CCN(CCC(C)c3ccc(C)o3)CCC2=O)n1. The van der Waals surface area contributed by atoms with Crippen LogP contribution in [-0.4, -0.2) is 52.0 Å². The quantitative estimate of drug-likeness (QED) is 0.800. The summed E-state index contributed by atoms with van der Waals surface area (Å²) in [7, 11) is 0. The molecule has 2 aromatic rings. The Labute approximate surface area is 148 Å². The molecule has 25 heavy (non-hydrogen) atoms. The number of hydrogen-bond donors (Lipinski definition) is 0. The molecule has 0 aromatic carbocycles. The molecule has 2 aromatic heterocycles. The predicted molar refractivity (Wildman–Crippen MR) is 92.0 cm³/mol. The zero-order chi connectivity index (χ0) is 17.8. The number of carbonyl (C=O) groups is 1. The van der Waals surface area contributed by atoms with Crippen LogP contribution in [0, 0.1) is 13.8 Å². The number of aryl methyl sites for hydroxylation is 2. The number of nitrogens with zero attached hydrogens (tertiary/aromatic N) is 4. The molecule has 0 bridgehead atoms. The van der Waals surface area contributed by atoms with Crippen molar-refractivity contribution in [3.05, 3.63) is 35.4 Å². The molecule has 136 valence electrons. The van der Waals surface area contributed by atoms with Gasteiger partial charge in [0.25, 0.3) is 0 Å². The highest BCUT2D eigenvalue weighted by atomic mass is 16.5. The lowest BCUT2D eigenvalue weighted by atomic mass is 10.0. The van der Waals surface area contributed by atoms with E-state index in [0.717, 1.165) is 37.6 Å². The van der Waals surface area contributed by atoms with Gasteiger partial charge in [0.15, 0.2) is 5.82 Å². The number of hydrogen-bond acceptors (Lipinski definition) is 6. The second-order valence-corrected chi connectivity index (χ2v) is 6.78. The van der Waals surface area contributed by atoms with Gasteiger partial charge >= 0.3 is 0 Å². The maximum Gasteiger partial charge on any atom is 0.246 e. The Kier molecular flexibility index (Phi) is 5.53. The smallest absolute Gasteiger partial charge is 0.246 e. The van der Waals surface area contributed by atoms with Crippen molar-refractivity contribution in [3.63, 3.8) is 0 Å². The summed E-state index contributed by atoms with van der Waals surface area (Å²) in [5.74, 6) is 3.62. The number of carbonyl (C=O) groups excluding carboxylic acids is 1. The van der Waals surface area contributed by atoms with Gasteiger partial charge in [-0.3, -0.25) is 4.79 Å². The van der Waals surface area contributed by atoms with E-state index in [1.54, 1.807) is 6.92 Å². The van der Waals surface area contributed by atoms with E-state index < -0.39 is 0 Å². The van der Waals surface area contributed by atoms with E-state index in [1.165, 1.54) is 0 Å². The number of amides is 1. The van der Waals surface area contributed by atoms with E-state index in [2.05, 4.69) is 28.0 Å². The van der Waals surface area contributed by atoms with Gasteiger partial charge in [-0.15, -0.1) is 0 Å². The second-order valence-electron chi connectivity index (χ2n) is 6.78. The molecule has 0 aliphatic carbocycles. The molecule has 3 heterocycles. The van der Waals surface area contributed by atoms with Crippen LogP contribution in [0.15, 0.2) is 21.1 Å². The summed E-state index contributed by atoms with van der Waals surface area (Å²) in [5.41, 5.74) is 0. The van der Waals surface area contributed by atoms with E-state index >= 15 is 0 Å². The van der Waals surface area contributed by atoms with Crippen LogP contribution in [-0.2, 0) is 11.3 Å². The predicted octanol–water partition coefficient (Wildman–Crippen LogP) is 2.51. The topological polar surface area (TPSA) is 75.6 Å². The third-order valence-electron chi connectivity index (χ3n) is 4.70. The zero-order valence-electron chi connectivity index (χ0n) is 15.2. The van der Waals surface area contributed by atoms with Gasteiger partial charge in [0, 0.05) is 32.0 Å². The van der Waals surface area contributed by atoms with Crippen LogP contribution in [0.2, 0.25) is 0 Å². The summed E-state index contributed by atoms with van der Waals surface area (Å²) in [6.07, 6.45) is 1.55. The van der Waals surface area contributed by atoms with Gasteiger partial charge in [0.2, 0.25) is 11.8 Å². The first-order chi connectivity index (χ1) is 12.0. The number of rotatable bonds is 6. The fourth-order valence-electron chi connectivity index (χ4n) is 3.11. The molecule has 1 atom stereocenters. The zero-order valence-corrected chi connectivity index (χ0v) is 15.2. The Hall–Kier alpha value is -2.15. The van der Waals surface area contributed by atoms with Crippen molar-refractivity contribution in [1.29, 1.82) is 0 Å². The van der Waals surface area contributed by atoms with Gasteiger partial charge in [-0.1, -0.05) is 12.1 Å². The van der Waals surface area contributed by atoms with Crippen molar-refractivity contribution >= 4 is 5.91 Å². The first kappa shape index (κ1) is 17.7. The van der Waals surface area contributed by atoms with E-state index in [1.807, 2.05) is 17.9 Å². The Balaban J connectivity index is 1.49. The standard InChI is InChI=1S/C18H26N4O3/c1-13(16-5-4-14(2)24-16)6-8-21-9-7-18(23)22(11-10-21)12-17-19-15(3)20-25-17/h4-5,13H,6-12H2,1-3H3. The first-order valence-corrected chi connectivity index (χ1v) is 8.87. The van der Waals surface area contributed by atoms with Crippen molar-refractivity contribution in [2.24, 2.45) is 0 Å². The maximum absolute atomic E-state index is 12.3. The monoisotopic (exact) mass is 346 g/mol. The second kappa shape index (κ2) is 7.82. The summed E-state index contributed by atoms with van der Waals surface area (Å²) >= 11 is 0. The lowest BCUT2D eigenvalue weighted by Crippen LogP contribution is -2.33. The van der Waals surface area contributed by atoms with Crippen molar-refractivity contribution in [1.82, 2.24) is 19.9 Å². The Morgan fingerprint density at radius 3 is 2.76 bits per heavy atom. The van der Waals surface area contributed by atoms with Crippen molar-refractivity contribution in [2.45, 2.75) is 46.1 Å². The molecule has 0 spiro atoms. The van der Waals surface area contributed by atoms with Crippen LogP contribution in [0.1, 0.15) is 48.9 Å². The third kappa shape index (κ3) is 4.69. The maximum atomic E-state index is 12.3. The summed E-state index contributed by atoms with van der Waals surface area (Å²) in [6.45, 7) is 9.64. The summed E-state index contributed by atoms with van der Waals surface area (Å²) in [6, 6.07) is 4.06. The molecule has 1 saturated heterocycles. The highest BCUT2D eigenvalue weighted by Gasteiger charge is 2.23. The Morgan fingerprint density at radius 2 is 2.08 bits per heavy atom. The van der Waals surface area contributed by atoms with Crippen LogP contribution in [0.25, 0.3) is 0 Å².